The third-order valence-corrected chi connectivity index (χ3v) is 3.18. The zero-order valence-corrected chi connectivity index (χ0v) is 8.42. The van der Waals surface area contributed by atoms with E-state index in [-0.39, 0.29) is 0 Å². The van der Waals surface area contributed by atoms with Crippen molar-refractivity contribution in [3.8, 4) is 0 Å². The summed E-state index contributed by atoms with van der Waals surface area (Å²) in [5.41, 5.74) is 0. The molecule has 0 aliphatic heterocycles. The van der Waals surface area contributed by atoms with Crippen LogP contribution in [0.4, 0.5) is 0 Å². The van der Waals surface area contributed by atoms with Gasteiger partial charge in [0.2, 0.25) is 0 Å². The van der Waals surface area contributed by atoms with E-state index in [4.69, 9.17) is 5.11 Å². The fourth-order valence-corrected chi connectivity index (χ4v) is 2.21. The van der Waals surface area contributed by atoms with Crippen molar-refractivity contribution in [1.82, 2.24) is 0 Å². The summed E-state index contributed by atoms with van der Waals surface area (Å²) >= 11 is 0. The molecule has 0 spiro atoms. The van der Waals surface area contributed by atoms with Crippen LogP contribution in [0.3, 0.4) is 0 Å². The lowest BCUT2D eigenvalue weighted by molar-refractivity contribution is 0.186. The first kappa shape index (κ1) is 10.0. The molecule has 0 aromatic heterocycles. The van der Waals surface area contributed by atoms with Crippen LogP contribution in [0.5, 0.6) is 0 Å². The number of rotatable bonds is 3. The molecule has 1 aliphatic rings. The Balaban J connectivity index is 2.17. The van der Waals surface area contributed by atoms with Crippen LogP contribution in [0.2, 0.25) is 0 Å². The van der Waals surface area contributed by atoms with Gasteiger partial charge in [-0.3, -0.25) is 0 Å². The maximum Gasteiger partial charge on any atom is 0.0456 e. The summed E-state index contributed by atoms with van der Waals surface area (Å²) in [6.07, 6.45) is 6.84. The van der Waals surface area contributed by atoms with Crippen LogP contribution in [0, 0.1) is 17.8 Å². The minimum absolute atomic E-state index is 0.367. The zero-order chi connectivity index (χ0) is 8.97. The molecule has 1 unspecified atom stereocenters. The molecule has 0 radical (unpaired) electrons. The van der Waals surface area contributed by atoms with E-state index in [1.54, 1.807) is 0 Å². The van der Waals surface area contributed by atoms with Crippen LogP contribution in [0.25, 0.3) is 0 Å². The standard InChI is InChI=1S/C11H22O/c1-9-3-5-11(6-4-9)7-10(2)8-12/h9-12H,3-8H2,1-2H3. The van der Waals surface area contributed by atoms with Gasteiger partial charge in [-0.2, -0.15) is 0 Å². The van der Waals surface area contributed by atoms with Gasteiger partial charge in [0.25, 0.3) is 0 Å². The molecule has 12 heavy (non-hydrogen) atoms. The molecule has 1 N–H and O–H groups in total. The van der Waals surface area contributed by atoms with E-state index in [2.05, 4.69) is 13.8 Å². The molecule has 1 aliphatic carbocycles. The minimum Gasteiger partial charge on any atom is -0.396 e. The van der Waals surface area contributed by atoms with E-state index in [1.807, 2.05) is 0 Å². The van der Waals surface area contributed by atoms with E-state index in [1.165, 1.54) is 32.1 Å². The van der Waals surface area contributed by atoms with Gasteiger partial charge in [0.15, 0.2) is 0 Å². The third kappa shape index (κ3) is 3.14. The normalized spacial score (nSPS) is 33.2. The van der Waals surface area contributed by atoms with Crippen molar-refractivity contribution in [3.63, 3.8) is 0 Å². The summed E-state index contributed by atoms with van der Waals surface area (Å²) in [7, 11) is 0. The Morgan fingerprint density at radius 3 is 2.33 bits per heavy atom. The van der Waals surface area contributed by atoms with Gasteiger partial charge in [0.1, 0.15) is 0 Å². The summed E-state index contributed by atoms with van der Waals surface area (Å²) in [4.78, 5) is 0. The topological polar surface area (TPSA) is 20.2 Å². The molecular formula is C11H22O. The van der Waals surface area contributed by atoms with Crippen LogP contribution in [-0.2, 0) is 0 Å². The van der Waals surface area contributed by atoms with E-state index in [9.17, 15) is 0 Å². The minimum atomic E-state index is 0.367. The van der Waals surface area contributed by atoms with Crippen LogP contribution in [0.1, 0.15) is 46.0 Å². The van der Waals surface area contributed by atoms with Gasteiger partial charge in [0.05, 0.1) is 0 Å². The molecular weight excluding hydrogens is 148 g/mol. The highest BCUT2D eigenvalue weighted by atomic mass is 16.3. The Morgan fingerprint density at radius 2 is 1.83 bits per heavy atom. The molecule has 0 saturated heterocycles. The van der Waals surface area contributed by atoms with Crippen LogP contribution in [0.15, 0.2) is 0 Å². The molecule has 0 aromatic carbocycles. The first-order valence-electron chi connectivity index (χ1n) is 5.33. The van der Waals surface area contributed by atoms with Gasteiger partial charge in [-0.15, -0.1) is 0 Å². The average Bonchev–Trinajstić information content (AvgIpc) is 2.09. The van der Waals surface area contributed by atoms with E-state index in [0.717, 1.165) is 11.8 Å². The summed E-state index contributed by atoms with van der Waals surface area (Å²) in [5.74, 6) is 2.37. The molecule has 72 valence electrons. The molecule has 0 heterocycles. The second kappa shape index (κ2) is 4.86. The van der Waals surface area contributed by atoms with Gasteiger partial charge < -0.3 is 5.11 Å². The Hall–Kier alpha value is -0.0400. The lowest BCUT2D eigenvalue weighted by Gasteiger charge is -2.27. The van der Waals surface area contributed by atoms with Gasteiger partial charge >= 0.3 is 0 Å². The molecule has 1 nitrogen and oxygen atoms in total. The zero-order valence-electron chi connectivity index (χ0n) is 8.42. The Morgan fingerprint density at radius 1 is 1.25 bits per heavy atom. The van der Waals surface area contributed by atoms with Gasteiger partial charge in [0, 0.05) is 6.61 Å². The van der Waals surface area contributed by atoms with Crippen molar-refractivity contribution in [2.45, 2.75) is 46.0 Å². The molecule has 0 amide bonds. The van der Waals surface area contributed by atoms with Crippen molar-refractivity contribution in [1.29, 1.82) is 0 Å². The molecule has 1 atom stereocenters. The highest BCUT2D eigenvalue weighted by molar-refractivity contribution is 4.71. The van der Waals surface area contributed by atoms with Crippen molar-refractivity contribution in [2.24, 2.45) is 17.8 Å². The van der Waals surface area contributed by atoms with Gasteiger partial charge in [-0.05, 0) is 24.2 Å². The predicted molar refractivity (Wildman–Crippen MR) is 52.0 cm³/mol. The molecule has 0 aromatic rings. The van der Waals surface area contributed by atoms with Gasteiger partial charge in [-0.1, -0.05) is 39.5 Å². The van der Waals surface area contributed by atoms with Crippen molar-refractivity contribution in [3.05, 3.63) is 0 Å². The number of hydrogen-bond donors (Lipinski definition) is 1. The Kier molecular flexibility index (Phi) is 4.07. The van der Waals surface area contributed by atoms with Gasteiger partial charge in [-0.25, -0.2) is 0 Å². The average molecular weight is 170 g/mol. The summed E-state index contributed by atoms with van der Waals surface area (Å²) in [6, 6.07) is 0. The maximum absolute atomic E-state index is 8.92. The molecule has 1 rings (SSSR count). The second-order valence-electron chi connectivity index (χ2n) is 4.65. The lowest BCUT2D eigenvalue weighted by atomic mass is 9.79. The molecule has 1 fully saturated rings. The predicted octanol–water partition coefficient (Wildman–Crippen LogP) is 2.83. The second-order valence-corrected chi connectivity index (χ2v) is 4.65. The smallest absolute Gasteiger partial charge is 0.0456 e. The number of aliphatic hydroxyl groups is 1. The Bertz CT molecular complexity index is 114. The summed E-state index contributed by atoms with van der Waals surface area (Å²) < 4.78 is 0. The highest BCUT2D eigenvalue weighted by Crippen LogP contribution is 2.32. The Labute approximate surface area is 76.2 Å². The lowest BCUT2D eigenvalue weighted by Crippen LogP contribution is -2.16. The maximum atomic E-state index is 8.92. The van der Waals surface area contributed by atoms with E-state index >= 15 is 0 Å². The monoisotopic (exact) mass is 170 g/mol. The fourth-order valence-electron chi connectivity index (χ4n) is 2.21. The third-order valence-electron chi connectivity index (χ3n) is 3.18. The molecule has 1 saturated carbocycles. The summed E-state index contributed by atoms with van der Waals surface area (Å²) in [6.45, 7) is 4.87. The fraction of sp³-hybridized carbons (Fsp3) is 1.00. The number of hydrogen-bond acceptors (Lipinski definition) is 1. The quantitative estimate of drug-likeness (QED) is 0.690. The van der Waals surface area contributed by atoms with Crippen molar-refractivity contribution >= 4 is 0 Å². The largest absolute Gasteiger partial charge is 0.396 e. The highest BCUT2D eigenvalue weighted by Gasteiger charge is 2.19. The van der Waals surface area contributed by atoms with Crippen LogP contribution in [-0.4, -0.2) is 11.7 Å². The first-order valence-corrected chi connectivity index (χ1v) is 5.33. The SMILES string of the molecule is CC1CCC(CC(C)CO)CC1. The number of aliphatic hydroxyl groups excluding tert-OH is 1. The van der Waals surface area contributed by atoms with Crippen molar-refractivity contribution < 1.29 is 5.11 Å². The molecule has 0 bridgehead atoms. The van der Waals surface area contributed by atoms with Crippen LogP contribution >= 0.6 is 0 Å². The molecule has 1 heteroatoms. The van der Waals surface area contributed by atoms with Crippen LogP contribution < -0.4 is 0 Å². The van der Waals surface area contributed by atoms with E-state index < -0.39 is 0 Å². The first-order chi connectivity index (χ1) is 5.72. The summed E-state index contributed by atoms with van der Waals surface area (Å²) in [5, 5.41) is 8.92. The van der Waals surface area contributed by atoms with Crippen molar-refractivity contribution in [2.75, 3.05) is 6.61 Å². The van der Waals surface area contributed by atoms with E-state index in [0.29, 0.717) is 12.5 Å².